The summed E-state index contributed by atoms with van der Waals surface area (Å²) < 4.78 is 1.74. The van der Waals surface area contributed by atoms with Crippen LogP contribution in [0.15, 0.2) is 18.2 Å². The quantitative estimate of drug-likeness (QED) is 0.751. The fraction of sp³-hybridized carbons (Fsp3) is 0.600. The molecule has 6 nitrogen and oxygen atoms in total. The minimum Gasteiger partial charge on any atom is -0.339 e. The van der Waals surface area contributed by atoms with Gasteiger partial charge in [-0.1, -0.05) is 20.3 Å². The van der Waals surface area contributed by atoms with E-state index in [0.717, 1.165) is 67.6 Å². The Morgan fingerprint density at radius 1 is 1.10 bits per heavy atom. The van der Waals surface area contributed by atoms with Crippen molar-refractivity contribution in [1.29, 1.82) is 0 Å². The monoisotopic (exact) mass is 423 g/mol. The van der Waals surface area contributed by atoms with Crippen LogP contribution in [0.5, 0.6) is 0 Å². The number of piperidine rings is 1. The summed E-state index contributed by atoms with van der Waals surface area (Å²) in [6, 6.07) is 6.57. The summed E-state index contributed by atoms with van der Waals surface area (Å²) in [7, 11) is 0. The highest BCUT2D eigenvalue weighted by Gasteiger charge is 2.32. The minimum absolute atomic E-state index is 0.118. The van der Waals surface area contributed by atoms with Gasteiger partial charge in [0.05, 0.1) is 11.2 Å². The van der Waals surface area contributed by atoms with Crippen LogP contribution in [0.4, 0.5) is 0 Å². The number of aromatic nitrogens is 1. The molecular formula is C25H33N3O3. The standard InChI is InChI=1S/C25H33N3O3/c1-3-24(29)31-28-22-8-7-18(25(30)26-12-9-17(2)10-13-26)15-20(22)21-16-27(14-11-23(21)28)19-5-4-6-19/h7-8,15,17,19H,3-6,9-14,16H2,1-2H3. The molecule has 5 rings (SSSR count). The van der Waals surface area contributed by atoms with E-state index in [4.69, 9.17) is 4.84 Å². The van der Waals surface area contributed by atoms with Crippen LogP contribution in [0.2, 0.25) is 0 Å². The number of likely N-dealkylation sites (tertiary alicyclic amines) is 1. The van der Waals surface area contributed by atoms with E-state index in [9.17, 15) is 9.59 Å². The van der Waals surface area contributed by atoms with Crippen LogP contribution >= 0.6 is 0 Å². The number of rotatable bonds is 4. The molecule has 2 aliphatic heterocycles. The molecule has 2 aromatic rings. The Balaban J connectivity index is 1.51. The molecule has 6 heteroatoms. The van der Waals surface area contributed by atoms with Crippen LogP contribution in [0, 0.1) is 5.92 Å². The predicted molar refractivity (Wildman–Crippen MR) is 120 cm³/mol. The number of hydrogen-bond acceptors (Lipinski definition) is 4. The molecule has 0 atom stereocenters. The number of carbonyl (C=O) groups excluding carboxylic acids is 2. The lowest BCUT2D eigenvalue weighted by atomic mass is 9.89. The van der Waals surface area contributed by atoms with Crippen LogP contribution in [0.25, 0.3) is 10.9 Å². The molecule has 0 bridgehead atoms. The SMILES string of the molecule is CCC(=O)On1c2c(c3cc(C(=O)N4CCC(C)CC4)ccc31)CN(C1CCC1)CC2. The molecule has 2 fully saturated rings. The molecule has 0 N–H and O–H groups in total. The summed E-state index contributed by atoms with van der Waals surface area (Å²) in [6.07, 6.45) is 7.21. The molecule has 0 unspecified atom stereocenters. The third-order valence-corrected chi connectivity index (χ3v) is 7.52. The Hall–Kier alpha value is -2.34. The van der Waals surface area contributed by atoms with Crippen LogP contribution in [-0.2, 0) is 17.8 Å². The number of carbonyl (C=O) groups is 2. The molecule has 1 aromatic carbocycles. The molecule has 3 heterocycles. The van der Waals surface area contributed by atoms with Gasteiger partial charge >= 0.3 is 5.97 Å². The molecule has 1 saturated carbocycles. The summed E-state index contributed by atoms with van der Waals surface area (Å²) in [4.78, 5) is 35.6. The first-order chi connectivity index (χ1) is 15.0. The molecule has 31 heavy (non-hydrogen) atoms. The third-order valence-electron chi connectivity index (χ3n) is 7.52. The molecule has 0 radical (unpaired) electrons. The first-order valence-corrected chi connectivity index (χ1v) is 12.0. The van der Waals surface area contributed by atoms with Gasteiger partial charge in [-0.3, -0.25) is 9.69 Å². The van der Waals surface area contributed by atoms with Gasteiger partial charge in [0.15, 0.2) is 0 Å². The van der Waals surface area contributed by atoms with E-state index in [-0.39, 0.29) is 11.9 Å². The van der Waals surface area contributed by atoms with Crippen molar-refractivity contribution in [3.63, 3.8) is 0 Å². The lowest BCUT2D eigenvalue weighted by molar-refractivity contribution is -0.143. The van der Waals surface area contributed by atoms with E-state index >= 15 is 0 Å². The van der Waals surface area contributed by atoms with Crippen molar-refractivity contribution in [3.05, 3.63) is 35.0 Å². The highest BCUT2D eigenvalue weighted by molar-refractivity contribution is 5.99. The summed E-state index contributed by atoms with van der Waals surface area (Å²) in [5.74, 6) is 0.578. The van der Waals surface area contributed by atoms with Crippen LogP contribution in [-0.4, -0.2) is 52.1 Å². The zero-order valence-electron chi connectivity index (χ0n) is 18.7. The summed E-state index contributed by atoms with van der Waals surface area (Å²) in [5.41, 5.74) is 3.94. The van der Waals surface area contributed by atoms with Crippen molar-refractivity contribution in [1.82, 2.24) is 14.5 Å². The van der Waals surface area contributed by atoms with E-state index in [0.29, 0.717) is 18.4 Å². The fourth-order valence-corrected chi connectivity index (χ4v) is 5.20. The molecule has 1 saturated heterocycles. The number of hydrogen-bond donors (Lipinski definition) is 0. The molecular weight excluding hydrogens is 390 g/mol. The van der Waals surface area contributed by atoms with Crippen LogP contribution < -0.4 is 4.84 Å². The van der Waals surface area contributed by atoms with E-state index in [1.54, 1.807) is 4.73 Å². The van der Waals surface area contributed by atoms with E-state index < -0.39 is 0 Å². The Labute approximate surface area is 184 Å². The normalized spacial score (nSPS) is 20.5. The van der Waals surface area contributed by atoms with Gasteiger partial charge in [-0.25, -0.2) is 4.79 Å². The van der Waals surface area contributed by atoms with E-state index in [2.05, 4.69) is 11.8 Å². The topological polar surface area (TPSA) is 54.8 Å². The van der Waals surface area contributed by atoms with Crippen LogP contribution in [0.1, 0.15) is 74.0 Å². The predicted octanol–water partition coefficient (Wildman–Crippen LogP) is 3.79. The number of fused-ring (bicyclic) bond motifs is 3. The van der Waals surface area contributed by atoms with Crippen molar-refractivity contribution >= 4 is 22.8 Å². The van der Waals surface area contributed by atoms with Crippen molar-refractivity contribution in [2.45, 2.75) is 71.4 Å². The zero-order valence-corrected chi connectivity index (χ0v) is 18.7. The maximum Gasteiger partial charge on any atom is 0.332 e. The molecule has 3 aliphatic rings. The molecule has 0 spiro atoms. The van der Waals surface area contributed by atoms with Gasteiger partial charge in [-0.2, -0.15) is 4.73 Å². The van der Waals surface area contributed by atoms with Gasteiger partial charge in [0.25, 0.3) is 5.91 Å². The van der Waals surface area contributed by atoms with Gasteiger partial charge in [0, 0.05) is 56.0 Å². The van der Waals surface area contributed by atoms with Gasteiger partial charge in [-0.15, -0.1) is 0 Å². The van der Waals surface area contributed by atoms with Crippen molar-refractivity contribution in [3.8, 4) is 0 Å². The molecule has 1 aliphatic carbocycles. The van der Waals surface area contributed by atoms with Gasteiger partial charge in [0.1, 0.15) is 0 Å². The molecule has 1 amide bonds. The van der Waals surface area contributed by atoms with Crippen molar-refractivity contribution in [2.75, 3.05) is 19.6 Å². The number of amides is 1. The number of benzene rings is 1. The highest BCUT2D eigenvalue weighted by atomic mass is 16.7. The van der Waals surface area contributed by atoms with Crippen LogP contribution in [0.3, 0.4) is 0 Å². The Morgan fingerprint density at radius 3 is 2.55 bits per heavy atom. The second kappa shape index (κ2) is 8.30. The van der Waals surface area contributed by atoms with Gasteiger partial charge in [-0.05, 0) is 55.4 Å². The molecule has 1 aromatic heterocycles. The summed E-state index contributed by atoms with van der Waals surface area (Å²) >= 11 is 0. The average molecular weight is 424 g/mol. The summed E-state index contributed by atoms with van der Waals surface area (Å²) in [6.45, 7) is 7.60. The Kier molecular flexibility index (Phi) is 5.51. The van der Waals surface area contributed by atoms with E-state index in [1.807, 2.05) is 30.0 Å². The second-order valence-electron chi connectivity index (χ2n) is 9.55. The number of nitrogens with zero attached hydrogens (tertiary/aromatic N) is 3. The van der Waals surface area contributed by atoms with Gasteiger partial charge in [0.2, 0.25) is 0 Å². The zero-order chi connectivity index (χ0) is 21.5. The first-order valence-electron chi connectivity index (χ1n) is 12.0. The lowest BCUT2D eigenvalue weighted by Crippen LogP contribution is -2.43. The first kappa shape index (κ1) is 20.6. The Bertz CT molecular complexity index is 999. The average Bonchev–Trinajstić information content (AvgIpc) is 3.05. The summed E-state index contributed by atoms with van der Waals surface area (Å²) in [5, 5.41) is 1.05. The minimum atomic E-state index is -0.233. The largest absolute Gasteiger partial charge is 0.339 e. The highest BCUT2D eigenvalue weighted by Crippen LogP contribution is 2.35. The molecule has 166 valence electrons. The van der Waals surface area contributed by atoms with Crippen molar-refractivity contribution in [2.24, 2.45) is 5.92 Å². The Morgan fingerprint density at radius 2 is 1.87 bits per heavy atom. The fourth-order valence-electron chi connectivity index (χ4n) is 5.20. The third kappa shape index (κ3) is 3.75. The van der Waals surface area contributed by atoms with Crippen molar-refractivity contribution < 1.29 is 14.4 Å². The maximum atomic E-state index is 13.2. The maximum absolute atomic E-state index is 13.2. The lowest BCUT2D eigenvalue weighted by Gasteiger charge is -2.39. The van der Waals surface area contributed by atoms with Gasteiger partial charge < -0.3 is 9.74 Å². The second-order valence-corrected chi connectivity index (χ2v) is 9.55. The smallest absolute Gasteiger partial charge is 0.332 e. The van der Waals surface area contributed by atoms with E-state index in [1.165, 1.54) is 24.8 Å².